The van der Waals surface area contributed by atoms with E-state index in [1.165, 1.54) is 12.1 Å². The predicted octanol–water partition coefficient (Wildman–Crippen LogP) is 2.39. The lowest BCUT2D eigenvalue weighted by Gasteiger charge is -2.07. The fourth-order valence-corrected chi connectivity index (χ4v) is 1.08. The molecule has 13 heavy (non-hydrogen) atoms. The van der Waals surface area contributed by atoms with E-state index in [0.29, 0.717) is 5.56 Å². The van der Waals surface area contributed by atoms with Crippen molar-refractivity contribution in [3.63, 3.8) is 0 Å². The number of benzene rings is 1. The number of nitrogens with zero attached hydrogens (tertiary/aromatic N) is 1. The molecule has 0 fully saturated rings. The van der Waals surface area contributed by atoms with Crippen LogP contribution >= 0.6 is 11.6 Å². The van der Waals surface area contributed by atoms with Crippen molar-refractivity contribution < 1.29 is 4.39 Å². The van der Waals surface area contributed by atoms with E-state index >= 15 is 0 Å². The van der Waals surface area contributed by atoms with Gasteiger partial charge in [-0.05, 0) is 17.7 Å². The summed E-state index contributed by atoms with van der Waals surface area (Å²) < 4.78 is 12.9. The molecular weight excluding hydrogens is 191 g/mol. The highest BCUT2D eigenvalue weighted by Crippen LogP contribution is 2.20. The third-order valence-electron chi connectivity index (χ3n) is 1.68. The maximum atomic E-state index is 12.9. The predicted molar refractivity (Wildman–Crippen MR) is 48.6 cm³/mol. The Morgan fingerprint density at radius 2 is 2.31 bits per heavy atom. The van der Waals surface area contributed by atoms with E-state index in [2.05, 4.69) is 0 Å². The Hall–Kier alpha value is -1.11. The van der Waals surface area contributed by atoms with Gasteiger partial charge in [-0.15, -0.1) is 0 Å². The van der Waals surface area contributed by atoms with E-state index in [-0.39, 0.29) is 11.4 Å². The van der Waals surface area contributed by atoms with Crippen LogP contribution in [0.4, 0.5) is 4.39 Å². The molecule has 0 aliphatic heterocycles. The first kappa shape index (κ1) is 9.97. The van der Waals surface area contributed by atoms with Gasteiger partial charge in [0.05, 0.1) is 17.5 Å². The largest absolute Gasteiger partial charge is 0.323 e. The zero-order valence-corrected chi connectivity index (χ0v) is 7.55. The maximum Gasteiger partial charge on any atom is 0.142 e. The smallest absolute Gasteiger partial charge is 0.142 e. The summed E-state index contributed by atoms with van der Waals surface area (Å²) in [4.78, 5) is 0. The Kier molecular flexibility index (Phi) is 3.24. The van der Waals surface area contributed by atoms with Gasteiger partial charge in [-0.2, -0.15) is 5.26 Å². The molecule has 0 spiro atoms. The van der Waals surface area contributed by atoms with Crippen molar-refractivity contribution in [2.45, 2.75) is 12.5 Å². The number of hydrogen-bond donors (Lipinski definition) is 1. The Labute approximate surface area is 80.7 Å². The highest BCUT2D eigenvalue weighted by molar-refractivity contribution is 6.30. The first-order chi connectivity index (χ1) is 6.15. The Morgan fingerprint density at radius 1 is 1.62 bits per heavy atom. The molecule has 0 saturated heterocycles. The number of nitrogens with two attached hydrogens (primary N) is 1. The van der Waals surface area contributed by atoms with Crippen LogP contribution in [0.3, 0.4) is 0 Å². The third-order valence-corrected chi connectivity index (χ3v) is 1.99. The highest BCUT2D eigenvalue weighted by Gasteiger charge is 2.07. The van der Waals surface area contributed by atoms with Gasteiger partial charge in [0, 0.05) is 6.04 Å². The van der Waals surface area contributed by atoms with Crippen LogP contribution in [0.1, 0.15) is 18.0 Å². The molecule has 2 N–H and O–H groups in total. The lowest BCUT2D eigenvalue weighted by atomic mass is 10.1. The number of halogens is 2. The van der Waals surface area contributed by atoms with Gasteiger partial charge in [0.2, 0.25) is 0 Å². The van der Waals surface area contributed by atoms with Gasteiger partial charge in [0.25, 0.3) is 0 Å². The molecule has 1 aromatic carbocycles. The minimum absolute atomic E-state index is 0.0629. The van der Waals surface area contributed by atoms with E-state index in [0.717, 1.165) is 0 Å². The average molecular weight is 199 g/mol. The summed E-state index contributed by atoms with van der Waals surface area (Å²) in [5.74, 6) is -0.507. The molecule has 0 unspecified atom stereocenters. The summed E-state index contributed by atoms with van der Waals surface area (Å²) >= 11 is 5.48. The molecule has 0 radical (unpaired) electrons. The summed E-state index contributed by atoms with van der Waals surface area (Å²) in [5, 5.41) is 8.43. The van der Waals surface area contributed by atoms with E-state index in [4.69, 9.17) is 22.6 Å². The Bertz CT molecular complexity index is 346. The molecule has 0 heterocycles. The van der Waals surface area contributed by atoms with Crippen molar-refractivity contribution in [1.29, 1.82) is 5.26 Å². The standard InChI is InChI=1S/C9H8ClFN2/c10-7-2-1-6(5-8(7)11)9(13)3-4-12/h1-2,5,9H,3,13H2/t9-/m0/s1. The van der Waals surface area contributed by atoms with Crippen LogP contribution in [0.25, 0.3) is 0 Å². The van der Waals surface area contributed by atoms with E-state index in [1.807, 2.05) is 6.07 Å². The van der Waals surface area contributed by atoms with Gasteiger partial charge in [-0.3, -0.25) is 0 Å². The first-order valence-corrected chi connectivity index (χ1v) is 4.10. The van der Waals surface area contributed by atoms with Crippen molar-refractivity contribution in [3.8, 4) is 6.07 Å². The minimum atomic E-state index is -0.507. The Morgan fingerprint density at radius 3 is 2.85 bits per heavy atom. The summed E-state index contributed by atoms with van der Waals surface area (Å²) in [7, 11) is 0. The summed E-state index contributed by atoms with van der Waals surface area (Å²) in [6.07, 6.45) is 0.168. The van der Waals surface area contributed by atoms with Gasteiger partial charge < -0.3 is 5.73 Å². The Balaban J connectivity index is 2.91. The molecule has 4 heteroatoms. The molecule has 0 saturated carbocycles. The summed E-state index contributed by atoms with van der Waals surface area (Å²) in [6.45, 7) is 0. The zero-order valence-electron chi connectivity index (χ0n) is 6.80. The van der Waals surface area contributed by atoms with Crippen LogP contribution in [0.15, 0.2) is 18.2 Å². The summed E-state index contributed by atoms with van der Waals surface area (Å²) in [5.41, 5.74) is 6.18. The molecule has 0 aromatic heterocycles. The number of hydrogen-bond acceptors (Lipinski definition) is 2. The van der Waals surface area contributed by atoms with Crippen molar-refractivity contribution in [2.24, 2.45) is 5.73 Å². The van der Waals surface area contributed by atoms with Crippen molar-refractivity contribution in [1.82, 2.24) is 0 Å². The second kappa shape index (κ2) is 4.22. The van der Waals surface area contributed by atoms with Crippen LogP contribution in [0, 0.1) is 17.1 Å². The zero-order chi connectivity index (χ0) is 9.84. The molecule has 68 valence electrons. The van der Waals surface area contributed by atoms with Crippen LogP contribution in [-0.4, -0.2) is 0 Å². The lowest BCUT2D eigenvalue weighted by molar-refractivity contribution is 0.620. The second-order valence-corrected chi connectivity index (χ2v) is 3.05. The fraction of sp³-hybridized carbons (Fsp3) is 0.222. The van der Waals surface area contributed by atoms with Crippen molar-refractivity contribution in [3.05, 3.63) is 34.6 Å². The monoisotopic (exact) mass is 198 g/mol. The SMILES string of the molecule is N#CC[C@H](N)c1ccc(Cl)c(F)c1. The molecule has 0 aliphatic carbocycles. The van der Waals surface area contributed by atoms with Crippen LogP contribution in [0.5, 0.6) is 0 Å². The lowest BCUT2D eigenvalue weighted by Crippen LogP contribution is -2.09. The highest BCUT2D eigenvalue weighted by atomic mass is 35.5. The number of rotatable bonds is 2. The van der Waals surface area contributed by atoms with E-state index in [9.17, 15) is 4.39 Å². The van der Waals surface area contributed by atoms with Gasteiger partial charge in [0.15, 0.2) is 0 Å². The third kappa shape index (κ3) is 2.41. The van der Waals surface area contributed by atoms with Crippen LogP contribution in [0.2, 0.25) is 5.02 Å². The molecule has 1 atom stereocenters. The molecular formula is C9H8ClFN2. The second-order valence-electron chi connectivity index (χ2n) is 2.64. The average Bonchev–Trinajstić information content (AvgIpc) is 2.10. The molecule has 1 rings (SSSR count). The van der Waals surface area contributed by atoms with Crippen LogP contribution in [-0.2, 0) is 0 Å². The van der Waals surface area contributed by atoms with Crippen LogP contribution < -0.4 is 5.73 Å². The summed E-state index contributed by atoms with van der Waals surface area (Å²) in [6, 6.07) is 5.78. The number of nitriles is 1. The van der Waals surface area contributed by atoms with Crippen molar-refractivity contribution in [2.75, 3.05) is 0 Å². The van der Waals surface area contributed by atoms with Gasteiger partial charge >= 0.3 is 0 Å². The molecule has 2 nitrogen and oxygen atoms in total. The molecule has 1 aromatic rings. The van der Waals surface area contributed by atoms with E-state index in [1.54, 1.807) is 6.07 Å². The maximum absolute atomic E-state index is 12.9. The molecule has 0 bridgehead atoms. The minimum Gasteiger partial charge on any atom is -0.323 e. The fourth-order valence-electron chi connectivity index (χ4n) is 0.959. The molecule has 0 aliphatic rings. The normalized spacial score (nSPS) is 12.2. The van der Waals surface area contributed by atoms with Gasteiger partial charge in [-0.1, -0.05) is 17.7 Å². The van der Waals surface area contributed by atoms with Crippen molar-refractivity contribution >= 4 is 11.6 Å². The molecule has 0 amide bonds. The van der Waals surface area contributed by atoms with Gasteiger partial charge in [-0.25, -0.2) is 4.39 Å². The van der Waals surface area contributed by atoms with Gasteiger partial charge in [0.1, 0.15) is 5.82 Å². The topological polar surface area (TPSA) is 49.8 Å². The first-order valence-electron chi connectivity index (χ1n) is 3.72. The quantitative estimate of drug-likeness (QED) is 0.793. The van der Waals surface area contributed by atoms with E-state index < -0.39 is 11.9 Å².